The maximum absolute atomic E-state index is 13.4. The van der Waals surface area contributed by atoms with Crippen LogP contribution in [0.25, 0.3) is 10.9 Å². The number of para-hydroxylation sites is 1. The zero-order chi connectivity index (χ0) is 12.3. The third kappa shape index (κ3) is 2.46. The zero-order valence-corrected chi connectivity index (χ0v) is 9.72. The van der Waals surface area contributed by atoms with Crippen molar-refractivity contribution in [2.45, 2.75) is 19.8 Å². The molecule has 2 aromatic rings. The van der Waals surface area contributed by atoms with Crippen LogP contribution in [0.1, 0.15) is 18.9 Å². The van der Waals surface area contributed by atoms with E-state index >= 15 is 0 Å². The van der Waals surface area contributed by atoms with Gasteiger partial charge >= 0.3 is 0 Å². The Morgan fingerprint density at radius 1 is 1.47 bits per heavy atom. The van der Waals surface area contributed by atoms with Gasteiger partial charge in [0, 0.05) is 18.1 Å². The van der Waals surface area contributed by atoms with Gasteiger partial charge in [0.25, 0.3) is 0 Å². The molecule has 1 aromatic carbocycles. The van der Waals surface area contributed by atoms with Crippen LogP contribution in [0.5, 0.6) is 0 Å². The van der Waals surface area contributed by atoms with E-state index in [1.807, 2.05) is 13.0 Å². The minimum absolute atomic E-state index is 0.0305. The topological polar surface area (TPSA) is 44.9 Å². The highest BCUT2D eigenvalue weighted by atomic mass is 19.1. The Morgan fingerprint density at radius 2 is 2.29 bits per heavy atom. The number of aromatic nitrogens is 1. The monoisotopic (exact) mass is 234 g/mol. The highest BCUT2D eigenvalue weighted by Gasteiger charge is 2.10. The molecule has 0 aliphatic heterocycles. The molecule has 0 fully saturated rings. The van der Waals surface area contributed by atoms with Crippen molar-refractivity contribution in [2.75, 3.05) is 6.54 Å². The second-order valence-electron chi connectivity index (χ2n) is 4.00. The molecule has 1 heterocycles. The highest BCUT2D eigenvalue weighted by Crippen LogP contribution is 2.20. The average Bonchev–Trinajstić information content (AvgIpc) is 2.71. The van der Waals surface area contributed by atoms with Crippen LogP contribution in [0.15, 0.2) is 24.4 Å². The molecule has 17 heavy (non-hydrogen) atoms. The first-order chi connectivity index (χ1) is 8.22. The predicted molar refractivity (Wildman–Crippen MR) is 65.3 cm³/mol. The van der Waals surface area contributed by atoms with Crippen LogP contribution in [0.4, 0.5) is 4.39 Å². The molecule has 0 saturated heterocycles. The molecular weight excluding hydrogens is 219 g/mol. The minimum Gasteiger partial charge on any atom is -0.359 e. The number of carbonyl (C=O) groups excluding carboxylic acids is 1. The molecule has 0 aliphatic carbocycles. The molecule has 0 saturated carbocycles. The van der Waals surface area contributed by atoms with Crippen LogP contribution in [-0.4, -0.2) is 17.4 Å². The van der Waals surface area contributed by atoms with Crippen LogP contribution in [-0.2, 0) is 11.2 Å². The molecule has 0 unspecified atom stereocenters. The molecule has 2 N–H and O–H groups in total. The summed E-state index contributed by atoms with van der Waals surface area (Å²) in [6, 6.07) is 4.87. The number of halogens is 1. The van der Waals surface area contributed by atoms with Crippen molar-refractivity contribution in [3.63, 3.8) is 0 Å². The minimum atomic E-state index is -0.289. The molecular formula is C13H15FN2O. The summed E-state index contributed by atoms with van der Waals surface area (Å²) in [5, 5.41) is 3.58. The first-order valence-electron chi connectivity index (χ1n) is 5.73. The maximum Gasteiger partial charge on any atom is 0.224 e. The molecule has 4 heteroatoms. The zero-order valence-electron chi connectivity index (χ0n) is 9.72. The number of amides is 1. The van der Waals surface area contributed by atoms with Crippen molar-refractivity contribution in [1.29, 1.82) is 0 Å². The standard InChI is InChI=1S/C13H15FN2O/c1-2-6-15-12(17)7-9-8-16-13-10(9)4-3-5-11(13)14/h3-5,8,16H,2,6-7H2,1H3,(H,15,17). The first-order valence-corrected chi connectivity index (χ1v) is 5.73. The van der Waals surface area contributed by atoms with E-state index < -0.39 is 0 Å². The van der Waals surface area contributed by atoms with Gasteiger partial charge in [0.15, 0.2) is 0 Å². The molecule has 3 nitrogen and oxygen atoms in total. The second-order valence-corrected chi connectivity index (χ2v) is 4.00. The number of hydrogen-bond donors (Lipinski definition) is 2. The summed E-state index contributed by atoms with van der Waals surface area (Å²) < 4.78 is 13.4. The normalized spacial score (nSPS) is 10.7. The van der Waals surface area contributed by atoms with Gasteiger partial charge in [-0.25, -0.2) is 4.39 Å². The number of H-pyrrole nitrogens is 1. The second kappa shape index (κ2) is 4.99. The van der Waals surface area contributed by atoms with Crippen LogP contribution < -0.4 is 5.32 Å². The van der Waals surface area contributed by atoms with Crippen molar-refractivity contribution in [3.05, 3.63) is 35.8 Å². The first kappa shape index (κ1) is 11.6. The van der Waals surface area contributed by atoms with Crippen LogP contribution >= 0.6 is 0 Å². The number of nitrogens with one attached hydrogen (secondary N) is 2. The Hall–Kier alpha value is -1.84. The van der Waals surface area contributed by atoms with E-state index in [1.165, 1.54) is 6.07 Å². The van der Waals surface area contributed by atoms with E-state index in [-0.39, 0.29) is 18.1 Å². The molecule has 1 amide bonds. The van der Waals surface area contributed by atoms with Crippen molar-refractivity contribution >= 4 is 16.8 Å². The van der Waals surface area contributed by atoms with E-state index in [1.54, 1.807) is 12.3 Å². The summed E-state index contributed by atoms with van der Waals surface area (Å²) in [5.74, 6) is -0.320. The van der Waals surface area contributed by atoms with Crippen LogP contribution in [0.3, 0.4) is 0 Å². The van der Waals surface area contributed by atoms with Crippen molar-refractivity contribution in [2.24, 2.45) is 0 Å². The highest BCUT2D eigenvalue weighted by molar-refractivity contribution is 5.89. The Morgan fingerprint density at radius 3 is 3.06 bits per heavy atom. The molecule has 1 aromatic heterocycles. The molecule has 0 aliphatic rings. The van der Waals surface area contributed by atoms with Gasteiger partial charge in [0.2, 0.25) is 5.91 Å². The summed E-state index contributed by atoms with van der Waals surface area (Å²) >= 11 is 0. The van der Waals surface area contributed by atoms with Crippen molar-refractivity contribution < 1.29 is 9.18 Å². The van der Waals surface area contributed by atoms with Crippen LogP contribution in [0, 0.1) is 5.82 Å². The Bertz CT molecular complexity index is 533. The Labute approximate surface area is 99.0 Å². The van der Waals surface area contributed by atoms with E-state index in [0.29, 0.717) is 12.1 Å². The van der Waals surface area contributed by atoms with Gasteiger partial charge in [-0.1, -0.05) is 19.1 Å². The summed E-state index contributed by atoms with van der Waals surface area (Å²) in [7, 11) is 0. The van der Waals surface area contributed by atoms with Gasteiger partial charge in [-0.05, 0) is 18.1 Å². The fourth-order valence-electron chi connectivity index (χ4n) is 1.82. The van der Waals surface area contributed by atoms with Gasteiger partial charge in [-0.15, -0.1) is 0 Å². The van der Waals surface area contributed by atoms with Gasteiger partial charge < -0.3 is 10.3 Å². The number of fused-ring (bicyclic) bond motifs is 1. The number of hydrogen-bond acceptors (Lipinski definition) is 1. The predicted octanol–water partition coefficient (Wildman–Crippen LogP) is 2.38. The smallest absolute Gasteiger partial charge is 0.224 e. The van der Waals surface area contributed by atoms with Gasteiger partial charge in [-0.3, -0.25) is 4.79 Å². The SMILES string of the molecule is CCCNC(=O)Cc1c[nH]c2c(F)cccc12. The van der Waals surface area contributed by atoms with Gasteiger partial charge in [0.1, 0.15) is 5.82 Å². The lowest BCUT2D eigenvalue weighted by molar-refractivity contribution is -0.120. The quantitative estimate of drug-likeness (QED) is 0.838. The third-order valence-corrected chi connectivity index (χ3v) is 2.67. The summed E-state index contributed by atoms with van der Waals surface area (Å²) in [4.78, 5) is 14.4. The van der Waals surface area contributed by atoms with E-state index in [2.05, 4.69) is 10.3 Å². The van der Waals surface area contributed by atoms with E-state index in [4.69, 9.17) is 0 Å². The van der Waals surface area contributed by atoms with Gasteiger partial charge in [0.05, 0.1) is 11.9 Å². The Balaban J connectivity index is 2.19. The number of benzene rings is 1. The number of carbonyl (C=O) groups is 1. The molecule has 0 spiro atoms. The molecule has 0 atom stereocenters. The lowest BCUT2D eigenvalue weighted by atomic mass is 10.1. The van der Waals surface area contributed by atoms with Crippen molar-refractivity contribution in [1.82, 2.24) is 10.3 Å². The van der Waals surface area contributed by atoms with Crippen molar-refractivity contribution in [3.8, 4) is 0 Å². The molecule has 0 radical (unpaired) electrons. The third-order valence-electron chi connectivity index (χ3n) is 2.67. The summed E-state index contributed by atoms with van der Waals surface area (Å²) in [6.07, 6.45) is 2.89. The van der Waals surface area contributed by atoms with Gasteiger partial charge in [-0.2, -0.15) is 0 Å². The van der Waals surface area contributed by atoms with Crippen LogP contribution in [0.2, 0.25) is 0 Å². The number of aromatic amines is 1. The molecule has 90 valence electrons. The summed E-state index contributed by atoms with van der Waals surface area (Å²) in [5.41, 5.74) is 1.29. The van der Waals surface area contributed by atoms with E-state index in [9.17, 15) is 9.18 Å². The average molecular weight is 234 g/mol. The lowest BCUT2D eigenvalue weighted by Gasteiger charge is -2.02. The summed E-state index contributed by atoms with van der Waals surface area (Å²) in [6.45, 7) is 2.68. The van der Waals surface area contributed by atoms with E-state index in [0.717, 1.165) is 17.4 Å². The maximum atomic E-state index is 13.4. The lowest BCUT2D eigenvalue weighted by Crippen LogP contribution is -2.25. The molecule has 2 rings (SSSR count). The number of rotatable bonds is 4. The fourth-order valence-corrected chi connectivity index (χ4v) is 1.82. The fraction of sp³-hybridized carbons (Fsp3) is 0.308. The molecule has 0 bridgehead atoms. The largest absolute Gasteiger partial charge is 0.359 e. The Kier molecular flexibility index (Phi) is 3.42.